The highest BCUT2D eigenvalue weighted by Crippen LogP contribution is 2.24. The number of thiophene rings is 1. The molecular weight excluding hydrogens is 314 g/mol. The normalized spacial score (nSPS) is 17.3. The summed E-state index contributed by atoms with van der Waals surface area (Å²) >= 11 is 1.64. The third kappa shape index (κ3) is 4.26. The second kappa shape index (κ2) is 7.35. The first-order valence-electron chi connectivity index (χ1n) is 7.75. The summed E-state index contributed by atoms with van der Waals surface area (Å²) in [5.74, 6) is 0. The first-order chi connectivity index (χ1) is 11.1. The summed E-state index contributed by atoms with van der Waals surface area (Å²) in [6.07, 6.45) is -0.626. The zero-order valence-corrected chi connectivity index (χ0v) is 14.0. The lowest BCUT2D eigenvalue weighted by Gasteiger charge is -2.28. The standard InChI is InChI=1S/C16H21N3O3S/c1-12-2-4-15(23-12)14-3-5-16(21)19(17-14)11-13(20)10-18-6-8-22-9-7-18/h2-5,13,20H,6-11H2,1H3. The van der Waals surface area contributed by atoms with Gasteiger partial charge in [0, 0.05) is 30.6 Å². The number of nitrogens with zero attached hydrogens (tertiary/aromatic N) is 3. The van der Waals surface area contributed by atoms with Crippen LogP contribution in [-0.4, -0.2) is 58.7 Å². The fourth-order valence-electron chi connectivity index (χ4n) is 2.62. The molecule has 1 saturated heterocycles. The third-order valence-electron chi connectivity index (χ3n) is 3.82. The molecule has 1 atom stereocenters. The van der Waals surface area contributed by atoms with Crippen molar-refractivity contribution in [3.8, 4) is 10.6 Å². The van der Waals surface area contributed by atoms with Crippen molar-refractivity contribution in [1.29, 1.82) is 0 Å². The smallest absolute Gasteiger partial charge is 0.266 e. The van der Waals surface area contributed by atoms with E-state index in [0.717, 1.165) is 23.7 Å². The molecule has 1 fully saturated rings. The zero-order chi connectivity index (χ0) is 16.2. The molecule has 1 N–H and O–H groups in total. The second-order valence-electron chi connectivity index (χ2n) is 5.72. The summed E-state index contributed by atoms with van der Waals surface area (Å²) in [5.41, 5.74) is 0.573. The highest BCUT2D eigenvalue weighted by molar-refractivity contribution is 7.15. The highest BCUT2D eigenvalue weighted by Gasteiger charge is 2.16. The molecule has 1 aliphatic rings. The molecule has 0 radical (unpaired) electrons. The molecule has 1 unspecified atom stereocenters. The molecule has 0 aromatic carbocycles. The van der Waals surface area contributed by atoms with Gasteiger partial charge in [-0.1, -0.05) is 0 Å². The Morgan fingerprint density at radius 3 is 2.74 bits per heavy atom. The van der Waals surface area contributed by atoms with Gasteiger partial charge in [0.05, 0.1) is 30.7 Å². The number of hydrogen-bond donors (Lipinski definition) is 1. The minimum absolute atomic E-state index is 0.192. The molecule has 124 valence electrons. The highest BCUT2D eigenvalue weighted by atomic mass is 32.1. The van der Waals surface area contributed by atoms with Crippen molar-refractivity contribution < 1.29 is 9.84 Å². The maximum atomic E-state index is 12.0. The van der Waals surface area contributed by atoms with Crippen molar-refractivity contribution in [3.05, 3.63) is 39.5 Å². The van der Waals surface area contributed by atoms with E-state index in [0.29, 0.717) is 19.8 Å². The summed E-state index contributed by atoms with van der Waals surface area (Å²) in [5, 5.41) is 14.7. The largest absolute Gasteiger partial charge is 0.390 e. The van der Waals surface area contributed by atoms with Crippen LogP contribution in [0, 0.1) is 6.92 Å². The SMILES string of the molecule is Cc1ccc(-c2ccc(=O)n(CC(O)CN3CCOCC3)n2)s1. The van der Waals surface area contributed by atoms with Gasteiger partial charge in [-0.05, 0) is 25.1 Å². The van der Waals surface area contributed by atoms with Gasteiger partial charge in [-0.2, -0.15) is 5.10 Å². The maximum Gasteiger partial charge on any atom is 0.266 e. The average molecular weight is 335 g/mol. The summed E-state index contributed by atoms with van der Waals surface area (Å²) < 4.78 is 6.65. The van der Waals surface area contributed by atoms with Crippen LogP contribution in [0.3, 0.4) is 0 Å². The van der Waals surface area contributed by atoms with Gasteiger partial charge in [-0.3, -0.25) is 9.69 Å². The molecule has 0 aliphatic carbocycles. The summed E-state index contributed by atoms with van der Waals surface area (Å²) in [6.45, 7) is 5.78. The van der Waals surface area contributed by atoms with E-state index < -0.39 is 6.10 Å². The third-order valence-corrected chi connectivity index (χ3v) is 4.84. The van der Waals surface area contributed by atoms with Gasteiger partial charge in [0.15, 0.2) is 0 Å². The molecule has 0 spiro atoms. The van der Waals surface area contributed by atoms with Crippen LogP contribution in [0.2, 0.25) is 0 Å². The number of aliphatic hydroxyl groups is 1. The number of morpholine rings is 1. The van der Waals surface area contributed by atoms with E-state index in [1.165, 1.54) is 15.6 Å². The fourth-order valence-corrected chi connectivity index (χ4v) is 3.45. The van der Waals surface area contributed by atoms with Gasteiger partial charge in [0.2, 0.25) is 0 Å². The van der Waals surface area contributed by atoms with Crippen LogP contribution in [0.4, 0.5) is 0 Å². The van der Waals surface area contributed by atoms with Crippen molar-refractivity contribution in [1.82, 2.24) is 14.7 Å². The zero-order valence-electron chi connectivity index (χ0n) is 13.1. The van der Waals surface area contributed by atoms with Crippen LogP contribution in [-0.2, 0) is 11.3 Å². The molecule has 2 aromatic rings. The summed E-state index contributed by atoms with van der Waals surface area (Å²) in [4.78, 5) is 16.4. The molecule has 7 heteroatoms. The number of β-amino-alcohol motifs (C(OH)–C–C–N with tert-alkyl or cyclic N) is 1. The Labute approximate surface area is 138 Å². The number of aliphatic hydroxyl groups excluding tert-OH is 1. The van der Waals surface area contributed by atoms with Gasteiger partial charge in [0.25, 0.3) is 5.56 Å². The molecule has 3 rings (SSSR count). The average Bonchev–Trinajstić information content (AvgIpc) is 2.97. The molecule has 6 nitrogen and oxygen atoms in total. The van der Waals surface area contributed by atoms with E-state index in [1.54, 1.807) is 17.4 Å². The van der Waals surface area contributed by atoms with E-state index >= 15 is 0 Å². The van der Waals surface area contributed by atoms with Gasteiger partial charge in [0.1, 0.15) is 5.69 Å². The van der Waals surface area contributed by atoms with Crippen LogP contribution >= 0.6 is 11.3 Å². The van der Waals surface area contributed by atoms with Gasteiger partial charge < -0.3 is 9.84 Å². The van der Waals surface area contributed by atoms with E-state index in [1.807, 2.05) is 19.1 Å². The van der Waals surface area contributed by atoms with E-state index in [9.17, 15) is 9.90 Å². The molecule has 1 aliphatic heterocycles. The van der Waals surface area contributed by atoms with E-state index in [2.05, 4.69) is 10.00 Å². The summed E-state index contributed by atoms with van der Waals surface area (Å²) in [7, 11) is 0. The van der Waals surface area contributed by atoms with Crippen LogP contribution in [0.15, 0.2) is 29.1 Å². The second-order valence-corrected chi connectivity index (χ2v) is 7.00. The Kier molecular flexibility index (Phi) is 5.22. The molecule has 0 saturated carbocycles. The lowest BCUT2D eigenvalue weighted by atomic mass is 10.3. The van der Waals surface area contributed by atoms with Crippen molar-refractivity contribution >= 4 is 11.3 Å². The van der Waals surface area contributed by atoms with E-state index in [4.69, 9.17) is 4.74 Å². The van der Waals surface area contributed by atoms with Crippen LogP contribution < -0.4 is 5.56 Å². The Balaban J connectivity index is 1.70. The quantitative estimate of drug-likeness (QED) is 0.882. The first kappa shape index (κ1) is 16.3. The number of aromatic nitrogens is 2. The van der Waals surface area contributed by atoms with Crippen LogP contribution in [0.25, 0.3) is 10.6 Å². The molecule has 0 amide bonds. The lowest BCUT2D eigenvalue weighted by Crippen LogP contribution is -2.43. The van der Waals surface area contributed by atoms with Crippen molar-refractivity contribution in [2.75, 3.05) is 32.8 Å². The Bertz CT molecular complexity index is 707. The fraction of sp³-hybridized carbons (Fsp3) is 0.500. The topological polar surface area (TPSA) is 67.6 Å². The number of ether oxygens (including phenoxy) is 1. The van der Waals surface area contributed by atoms with Gasteiger partial charge in [-0.15, -0.1) is 11.3 Å². The van der Waals surface area contributed by atoms with Crippen molar-refractivity contribution in [2.45, 2.75) is 19.6 Å². The van der Waals surface area contributed by atoms with E-state index in [-0.39, 0.29) is 12.1 Å². The molecular formula is C16H21N3O3S. The molecule has 3 heterocycles. The Morgan fingerprint density at radius 1 is 1.26 bits per heavy atom. The molecule has 23 heavy (non-hydrogen) atoms. The molecule has 0 bridgehead atoms. The predicted octanol–water partition coefficient (Wildman–Crippen LogP) is 0.973. The number of hydrogen-bond acceptors (Lipinski definition) is 6. The van der Waals surface area contributed by atoms with Crippen molar-refractivity contribution in [2.24, 2.45) is 0 Å². The summed E-state index contributed by atoms with van der Waals surface area (Å²) in [6, 6.07) is 7.28. The Morgan fingerprint density at radius 2 is 2.04 bits per heavy atom. The maximum absolute atomic E-state index is 12.0. The molecule has 2 aromatic heterocycles. The Hall–Kier alpha value is -1.54. The first-order valence-corrected chi connectivity index (χ1v) is 8.56. The minimum atomic E-state index is -0.626. The number of rotatable bonds is 5. The van der Waals surface area contributed by atoms with Crippen LogP contribution in [0.5, 0.6) is 0 Å². The predicted molar refractivity (Wildman–Crippen MR) is 89.8 cm³/mol. The monoisotopic (exact) mass is 335 g/mol. The number of aryl methyl sites for hydroxylation is 1. The minimum Gasteiger partial charge on any atom is -0.390 e. The van der Waals surface area contributed by atoms with Crippen molar-refractivity contribution in [3.63, 3.8) is 0 Å². The van der Waals surface area contributed by atoms with Crippen LogP contribution in [0.1, 0.15) is 4.88 Å². The lowest BCUT2D eigenvalue weighted by molar-refractivity contribution is 0.0106. The van der Waals surface area contributed by atoms with Gasteiger partial charge in [-0.25, -0.2) is 4.68 Å². The van der Waals surface area contributed by atoms with Gasteiger partial charge >= 0.3 is 0 Å².